The Morgan fingerprint density at radius 1 is 1.09 bits per heavy atom. The second-order valence-corrected chi connectivity index (χ2v) is 10.4. The van der Waals surface area contributed by atoms with Crippen molar-refractivity contribution in [2.75, 3.05) is 24.1 Å². The summed E-state index contributed by atoms with van der Waals surface area (Å²) in [5, 5.41) is 6.82. The van der Waals surface area contributed by atoms with E-state index in [4.69, 9.17) is 4.74 Å². The number of ether oxygens (including phenoxy) is 1. The van der Waals surface area contributed by atoms with Crippen LogP contribution < -0.4 is 29.4 Å². The van der Waals surface area contributed by atoms with Crippen LogP contribution in [-0.2, 0) is 11.3 Å². The van der Waals surface area contributed by atoms with Crippen molar-refractivity contribution in [1.29, 1.82) is 0 Å². The second-order valence-electron chi connectivity index (χ2n) is 8.36. The van der Waals surface area contributed by atoms with Crippen LogP contribution >= 0.6 is 23.1 Å². The van der Waals surface area contributed by atoms with E-state index in [1.807, 2.05) is 67.4 Å². The number of hydrogen-bond acceptors (Lipinski definition) is 7. The van der Waals surface area contributed by atoms with Crippen molar-refractivity contribution >= 4 is 56.7 Å². The maximum Gasteiger partial charge on any atom is 0.283 e. The molecule has 3 heterocycles. The molecule has 0 fully saturated rings. The highest BCUT2D eigenvalue weighted by Gasteiger charge is 2.32. The van der Waals surface area contributed by atoms with Crippen LogP contribution in [0.15, 0.2) is 63.3 Å². The minimum absolute atomic E-state index is 0.0705. The first-order chi connectivity index (χ1) is 16.9. The van der Waals surface area contributed by atoms with E-state index in [0.717, 1.165) is 34.2 Å². The molecule has 0 radical (unpaired) electrons. The van der Waals surface area contributed by atoms with Gasteiger partial charge >= 0.3 is 0 Å². The molecule has 0 saturated heterocycles. The first kappa shape index (κ1) is 23.4. The summed E-state index contributed by atoms with van der Waals surface area (Å²) in [5.74, 6) is 0.557. The van der Waals surface area contributed by atoms with Crippen LogP contribution in [0, 0.1) is 0 Å². The van der Waals surface area contributed by atoms with Crippen molar-refractivity contribution in [3.8, 4) is 5.75 Å². The molecule has 0 atom stereocenters. The smallest absolute Gasteiger partial charge is 0.283 e. The molecule has 0 aliphatic carbocycles. The number of fused-ring (bicyclic) bond motifs is 1. The number of methoxy groups -OCH3 is 1. The summed E-state index contributed by atoms with van der Waals surface area (Å²) in [6.07, 6.45) is 1.79. The number of carbonyl (C=O) groups is 1. The molecule has 7 nitrogen and oxygen atoms in total. The first-order valence-corrected chi connectivity index (χ1v) is 13.1. The summed E-state index contributed by atoms with van der Waals surface area (Å²) in [4.78, 5) is 30.4. The topological polar surface area (TPSA) is 67.1 Å². The SMILES string of the molecule is CCCCn1c(=O)/c(=C2/Sc3ccc(OC)cc3N2C)s/c1=C1/C(=O)N(c2ccccc2)N=C1C. The van der Waals surface area contributed by atoms with Gasteiger partial charge in [0.25, 0.3) is 11.5 Å². The fourth-order valence-electron chi connectivity index (χ4n) is 4.20. The average Bonchev–Trinajstić information content (AvgIpc) is 3.48. The van der Waals surface area contributed by atoms with Crippen molar-refractivity contribution in [2.24, 2.45) is 5.10 Å². The Morgan fingerprint density at radius 2 is 1.86 bits per heavy atom. The third kappa shape index (κ3) is 3.98. The Kier molecular flexibility index (Phi) is 6.29. The lowest BCUT2D eigenvalue weighted by atomic mass is 10.2. The van der Waals surface area contributed by atoms with Gasteiger partial charge in [-0.15, -0.1) is 11.3 Å². The molecular weight excluding hydrogens is 480 g/mol. The molecule has 2 aliphatic rings. The van der Waals surface area contributed by atoms with Gasteiger partial charge in [-0.05, 0) is 37.6 Å². The summed E-state index contributed by atoms with van der Waals surface area (Å²) in [5.41, 5.74) is 2.73. The number of nitrogens with zero attached hydrogens (tertiary/aromatic N) is 4. The Balaban J connectivity index is 1.71. The number of amides is 1. The third-order valence-electron chi connectivity index (χ3n) is 6.08. The standard InChI is InChI=1S/C26H26N4O3S2/c1-5-6-14-29-24(32)22(26-28(3)19-15-18(33-4)12-13-20(19)34-26)35-25(29)21-16(2)27-30(23(21)31)17-10-8-7-9-11-17/h7-13,15H,5-6,14H2,1-4H3/b25-21+,26-22-. The fourth-order valence-corrected chi connectivity index (χ4v) is 6.75. The van der Waals surface area contributed by atoms with E-state index in [9.17, 15) is 9.59 Å². The summed E-state index contributed by atoms with van der Waals surface area (Å²) in [6.45, 7) is 4.48. The number of rotatable bonds is 5. The van der Waals surface area contributed by atoms with Gasteiger partial charge in [0.2, 0.25) is 0 Å². The van der Waals surface area contributed by atoms with Gasteiger partial charge in [-0.25, -0.2) is 0 Å². The molecular formula is C26H26N4O3S2. The lowest BCUT2D eigenvalue weighted by Gasteiger charge is -2.13. The molecule has 0 spiro atoms. The maximum absolute atomic E-state index is 13.7. The average molecular weight is 507 g/mol. The third-order valence-corrected chi connectivity index (χ3v) is 8.64. The normalized spacial score (nSPS) is 18.3. The molecule has 1 amide bonds. The van der Waals surface area contributed by atoms with Crippen LogP contribution in [0.1, 0.15) is 26.7 Å². The fraction of sp³-hybridized carbons (Fsp3) is 0.269. The van der Waals surface area contributed by atoms with Crippen LogP contribution in [0.3, 0.4) is 0 Å². The zero-order valence-electron chi connectivity index (χ0n) is 20.1. The highest BCUT2D eigenvalue weighted by atomic mass is 32.2. The number of unbranched alkanes of at least 4 members (excludes halogenated alkanes) is 1. The van der Waals surface area contributed by atoms with Crippen molar-refractivity contribution in [1.82, 2.24) is 4.57 Å². The molecule has 0 saturated carbocycles. The van der Waals surface area contributed by atoms with E-state index in [1.165, 1.54) is 16.3 Å². The van der Waals surface area contributed by atoms with Gasteiger partial charge in [0.1, 0.15) is 20.0 Å². The molecule has 0 N–H and O–H groups in total. The number of hydrazone groups is 1. The van der Waals surface area contributed by atoms with Crippen LogP contribution in [0.4, 0.5) is 11.4 Å². The van der Waals surface area contributed by atoms with Gasteiger partial charge in [0.05, 0.1) is 29.8 Å². The lowest BCUT2D eigenvalue weighted by Crippen LogP contribution is -2.35. The Bertz CT molecular complexity index is 1520. The highest BCUT2D eigenvalue weighted by Crippen LogP contribution is 2.46. The second kappa shape index (κ2) is 9.39. The number of hydrogen-bond donors (Lipinski definition) is 0. The number of para-hydroxylation sites is 1. The zero-order valence-corrected chi connectivity index (χ0v) is 21.7. The molecule has 9 heteroatoms. The lowest BCUT2D eigenvalue weighted by molar-refractivity contribution is -0.112. The largest absolute Gasteiger partial charge is 0.497 e. The van der Waals surface area contributed by atoms with E-state index in [0.29, 0.717) is 32.7 Å². The molecule has 1 aromatic heterocycles. The molecule has 0 unspecified atom stereocenters. The van der Waals surface area contributed by atoms with Crippen molar-refractivity contribution in [3.63, 3.8) is 0 Å². The minimum atomic E-state index is -0.211. The molecule has 2 aliphatic heterocycles. The predicted molar refractivity (Wildman–Crippen MR) is 144 cm³/mol. The Hall–Kier alpha value is -3.30. The summed E-state index contributed by atoms with van der Waals surface area (Å²) < 4.78 is 8.44. The van der Waals surface area contributed by atoms with Crippen LogP contribution in [0.25, 0.3) is 10.6 Å². The number of benzene rings is 2. The number of aromatic nitrogens is 1. The van der Waals surface area contributed by atoms with E-state index >= 15 is 0 Å². The molecule has 35 heavy (non-hydrogen) atoms. The van der Waals surface area contributed by atoms with E-state index < -0.39 is 0 Å². The van der Waals surface area contributed by atoms with Crippen molar-refractivity contribution in [3.05, 3.63) is 68.1 Å². The van der Waals surface area contributed by atoms with Gasteiger partial charge in [-0.2, -0.15) is 10.1 Å². The van der Waals surface area contributed by atoms with Gasteiger partial charge in [-0.1, -0.05) is 43.3 Å². The van der Waals surface area contributed by atoms with Crippen molar-refractivity contribution in [2.45, 2.75) is 38.1 Å². The Labute approximate surface area is 211 Å². The highest BCUT2D eigenvalue weighted by molar-refractivity contribution is 8.08. The molecule has 5 rings (SSSR count). The zero-order chi connectivity index (χ0) is 24.7. The first-order valence-electron chi connectivity index (χ1n) is 11.5. The number of thioether (sulfide) groups is 1. The Morgan fingerprint density at radius 3 is 2.57 bits per heavy atom. The molecule has 2 aromatic carbocycles. The van der Waals surface area contributed by atoms with Gasteiger partial charge in [0, 0.05) is 24.6 Å². The minimum Gasteiger partial charge on any atom is -0.497 e. The van der Waals surface area contributed by atoms with Crippen LogP contribution in [0.5, 0.6) is 5.75 Å². The van der Waals surface area contributed by atoms with Crippen LogP contribution in [-0.4, -0.2) is 30.3 Å². The molecule has 180 valence electrons. The summed E-state index contributed by atoms with van der Waals surface area (Å²) in [7, 11) is 3.60. The van der Waals surface area contributed by atoms with E-state index in [1.54, 1.807) is 23.4 Å². The van der Waals surface area contributed by atoms with Gasteiger partial charge in [-0.3, -0.25) is 14.2 Å². The van der Waals surface area contributed by atoms with E-state index in [-0.39, 0.29) is 11.5 Å². The molecule has 3 aromatic rings. The predicted octanol–water partition coefficient (Wildman–Crippen LogP) is 3.60. The summed E-state index contributed by atoms with van der Waals surface area (Å²) in [6, 6.07) is 15.3. The molecule has 0 bridgehead atoms. The van der Waals surface area contributed by atoms with E-state index in [2.05, 4.69) is 12.0 Å². The van der Waals surface area contributed by atoms with Crippen molar-refractivity contribution < 1.29 is 9.53 Å². The van der Waals surface area contributed by atoms with Gasteiger partial charge in [0.15, 0.2) is 0 Å². The quantitative estimate of drug-likeness (QED) is 0.529. The number of thiazole rings is 1. The van der Waals surface area contributed by atoms with Crippen LogP contribution in [0.2, 0.25) is 0 Å². The summed E-state index contributed by atoms with van der Waals surface area (Å²) >= 11 is 2.94. The number of anilines is 2. The number of carbonyl (C=O) groups excluding carboxylic acids is 1. The monoisotopic (exact) mass is 506 g/mol. The van der Waals surface area contributed by atoms with Gasteiger partial charge < -0.3 is 9.64 Å². The maximum atomic E-state index is 13.7.